The minimum atomic E-state index is -0.342. The Kier molecular flexibility index (Phi) is 3.31. The Morgan fingerprint density at radius 1 is 1.19 bits per heavy atom. The molecular weight excluding hydrogens is 268 g/mol. The lowest BCUT2D eigenvalue weighted by Crippen LogP contribution is -1.96. The molecule has 1 aromatic heterocycles. The summed E-state index contributed by atoms with van der Waals surface area (Å²) in [6, 6.07) is 12.6. The minimum Gasteiger partial charge on any atom is -0.497 e. The third kappa shape index (κ3) is 2.45. The van der Waals surface area contributed by atoms with Crippen LogP contribution in [0.1, 0.15) is 11.1 Å². The largest absolute Gasteiger partial charge is 0.497 e. The zero-order chi connectivity index (χ0) is 14.8. The van der Waals surface area contributed by atoms with Crippen LogP contribution < -0.4 is 4.74 Å². The third-order valence-electron chi connectivity index (χ3n) is 3.54. The molecule has 2 aromatic carbocycles. The van der Waals surface area contributed by atoms with Gasteiger partial charge < -0.3 is 9.72 Å². The number of hydrogen-bond donors (Lipinski definition) is 1. The second kappa shape index (κ2) is 5.28. The first-order chi connectivity index (χ1) is 10.2. The molecule has 3 rings (SSSR count). The van der Waals surface area contributed by atoms with E-state index in [-0.39, 0.29) is 10.6 Å². The van der Waals surface area contributed by atoms with Crippen LogP contribution >= 0.6 is 0 Å². The van der Waals surface area contributed by atoms with Crippen molar-refractivity contribution in [3.63, 3.8) is 0 Å². The Morgan fingerprint density at radius 3 is 2.76 bits per heavy atom. The Labute approximate surface area is 121 Å². The zero-order valence-corrected chi connectivity index (χ0v) is 11.5. The molecule has 106 valence electrons. The van der Waals surface area contributed by atoms with Gasteiger partial charge in [-0.25, -0.2) is 0 Å². The summed E-state index contributed by atoms with van der Waals surface area (Å²) in [5.74, 6) is 0.769. The Morgan fingerprint density at radius 2 is 2.00 bits per heavy atom. The summed E-state index contributed by atoms with van der Waals surface area (Å²) in [6.07, 6.45) is 2.39. The van der Waals surface area contributed by atoms with Crippen LogP contribution in [0.3, 0.4) is 0 Å². The Hall–Kier alpha value is -2.82. The molecule has 0 aliphatic heterocycles. The summed E-state index contributed by atoms with van der Waals surface area (Å²) in [4.78, 5) is 13.9. The first-order valence-electron chi connectivity index (χ1n) is 6.55. The van der Waals surface area contributed by atoms with Gasteiger partial charge in [0.15, 0.2) is 0 Å². The molecule has 0 saturated heterocycles. The SMILES string of the molecule is COc1ccc2[nH]cc(Cc3ccccc3[N+](=O)[O-])c2c1. The van der Waals surface area contributed by atoms with Crippen LogP contribution in [0.4, 0.5) is 5.69 Å². The molecule has 3 aromatic rings. The van der Waals surface area contributed by atoms with Crippen LogP contribution in [-0.4, -0.2) is 17.0 Å². The fraction of sp³-hybridized carbons (Fsp3) is 0.125. The van der Waals surface area contributed by atoms with E-state index in [4.69, 9.17) is 4.74 Å². The molecule has 0 radical (unpaired) electrons. The highest BCUT2D eigenvalue weighted by Crippen LogP contribution is 2.28. The van der Waals surface area contributed by atoms with Gasteiger partial charge in [-0.3, -0.25) is 10.1 Å². The van der Waals surface area contributed by atoms with Gasteiger partial charge >= 0.3 is 0 Å². The highest BCUT2D eigenvalue weighted by Gasteiger charge is 2.14. The number of aromatic amines is 1. The second-order valence-corrected chi connectivity index (χ2v) is 4.79. The van der Waals surface area contributed by atoms with Gasteiger partial charge in [-0.15, -0.1) is 0 Å². The molecule has 0 bridgehead atoms. The van der Waals surface area contributed by atoms with Gasteiger partial charge in [0.1, 0.15) is 5.75 Å². The number of H-pyrrole nitrogens is 1. The Balaban J connectivity index is 2.04. The smallest absolute Gasteiger partial charge is 0.272 e. The highest BCUT2D eigenvalue weighted by atomic mass is 16.6. The number of fused-ring (bicyclic) bond motifs is 1. The zero-order valence-electron chi connectivity index (χ0n) is 11.5. The lowest BCUT2D eigenvalue weighted by atomic mass is 10.0. The molecule has 1 heterocycles. The van der Waals surface area contributed by atoms with E-state index >= 15 is 0 Å². The molecule has 0 amide bonds. The molecule has 0 aliphatic rings. The second-order valence-electron chi connectivity index (χ2n) is 4.79. The number of hydrogen-bond acceptors (Lipinski definition) is 3. The summed E-state index contributed by atoms with van der Waals surface area (Å²) in [7, 11) is 1.62. The normalized spacial score (nSPS) is 10.7. The number of benzene rings is 2. The van der Waals surface area contributed by atoms with Gasteiger partial charge in [-0.1, -0.05) is 18.2 Å². The fourth-order valence-electron chi connectivity index (χ4n) is 2.47. The standard InChI is InChI=1S/C16H14N2O3/c1-21-13-6-7-15-14(9-13)12(10-17-15)8-11-4-2-3-5-16(11)18(19)20/h2-7,9-10,17H,8H2,1H3. The number of ether oxygens (including phenoxy) is 1. The van der Waals surface area contributed by atoms with Gasteiger partial charge in [0, 0.05) is 35.2 Å². The molecule has 5 heteroatoms. The summed E-state index contributed by atoms with van der Waals surface area (Å²) >= 11 is 0. The number of nitrogens with zero attached hydrogens (tertiary/aromatic N) is 1. The maximum Gasteiger partial charge on any atom is 0.272 e. The average Bonchev–Trinajstić information content (AvgIpc) is 2.90. The molecule has 0 atom stereocenters. The van der Waals surface area contributed by atoms with Crippen molar-refractivity contribution < 1.29 is 9.66 Å². The predicted molar refractivity (Wildman–Crippen MR) is 80.8 cm³/mol. The lowest BCUT2D eigenvalue weighted by Gasteiger charge is -2.03. The number of methoxy groups -OCH3 is 1. The van der Waals surface area contributed by atoms with Crippen molar-refractivity contribution in [3.8, 4) is 5.75 Å². The molecule has 5 nitrogen and oxygen atoms in total. The van der Waals surface area contributed by atoms with Crippen molar-refractivity contribution >= 4 is 16.6 Å². The maximum atomic E-state index is 11.1. The van der Waals surface area contributed by atoms with E-state index in [1.807, 2.05) is 30.5 Å². The van der Waals surface area contributed by atoms with Crippen molar-refractivity contribution in [1.82, 2.24) is 4.98 Å². The summed E-state index contributed by atoms with van der Waals surface area (Å²) < 4.78 is 5.24. The third-order valence-corrected chi connectivity index (χ3v) is 3.54. The molecule has 0 unspecified atom stereocenters. The van der Waals surface area contributed by atoms with Crippen LogP contribution in [0.2, 0.25) is 0 Å². The van der Waals surface area contributed by atoms with E-state index in [9.17, 15) is 10.1 Å². The van der Waals surface area contributed by atoms with Gasteiger partial charge in [0.25, 0.3) is 5.69 Å². The lowest BCUT2D eigenvalue weighted by molar-refractivity contribution is -0.385. The summed E-state index contributed by atoms with van der Waals surface area (Å²) in [5.41, 5.74) is 2.85. The fourth-order valence-corrected chi connectivity index (χ4v) is 2.47. The van der Waals surface area contributed by atoms with Crippen molar-refractivity contribution in [2.75, 3.05) is 7.11 Å². The van der Waals surface area contributed by atoms with Crippen molar-refractivity contribution in [2.24, 2.45) is 0 Å². The average molecular weight is 282 g/mol. The van der Waals surface area contributed by atoms with Crippen LogP contribution in [0.15, 0.2) is 48.7 Å². The van der Waals surface area contributed by atoms with Crippen molar-refractivity contribution in [2.45, 2.75) is 6.42 Å². The first kappa shape index (κ1) is 13.2. The van der Waals surface area contributed by atoms with E-state index in [0.717, 1.165) is 22.2 Å². The molecule has 0 saturated carbocycles. The number of nitrogens with one attached hydrogen (secondary N) is 1. The van der Waals surface area contributed by atoms with Crippen LogP contribution in [0, 0.1) is 10.1 Å². The van der Waals surface area contributed by atoms with Crippen molar-refractivity contribution in [3.05, 3.63) is 69.9 Å². The summed E-state index contributed by atoms with van der Waals surface area (Å²) in [5, 5.41) is 12.1. The monoisotopic (exact) mass is 282 g/mol. The minimum absolute atomic E-state index is 0.148. The van der Waals surface area contributed by atoms with Gasteiger partial charge in [0.05, 0.1) is 12.0 Å². The number of nitro groups is 1. The molecular formula is C16H14N2O3. The molecule has 0 aliphatic carbocycles. The van der Waals surface area contributed by atoms with Gasteiger partial charge in [-0.05, 0) is 23.8 Å². The van der Waals surface area contributed by atoms with Crippen LogP contribution in [0.5, 0.6) is 5.75 Å². The molecule has 21 heavy (non-hydrogen) atoms. The Bertz CT molecular complexity index is 808. The molecule has 0 fully saturated rings. The molecule has 0 spiro atoms. The highest BCUT2D eigenvalue weighted by molar-refractivity contribution is 5.85. The number of rotatable bonds is 4. The van der Waals surface area contributed by atoms with E-state index in [1.165, 1.54) is 6.07 Å². The predicted octanol–water partition coefficient (Wildman–Crippen LogP) is 3.68. The maximum absolute atomic E-state index is 11.1. The number of nitro benzene ring substituents is 1. The van der Waals surface area contributed by atoms with E-state index in [1.54, 1.807) is 19.2 Å². The van der Waals surface area contributed by atoms with E-state index < -0.39 is 0 Å². The summed E-state index contributed by atoms with van der Waals surface area (Å²) in [6.45, 7) is 0. The number of para-hydroxylation sites is 1. The molecule has 1 N–H and O–H groups in total. The topological polar surface area (TPSA) is 68.2 Å². The number of aromatic nitrogens is 1. The quantitative estimate of drug-likeness (QED) is 0.586. The van der Waals surface area contributed by atoms with Gasteiger partial charge in [-0.2, -0.15) is 0 Å². The van der Waals surface area contributed by atoms with Gasteiger partial charge in [0.2, 0.25) is 0 Å². The van der Waals surface area contributed by atoms with Crippen LogP contribution in [0.25, 0.3) is 10.9 Å². The van der Waals surface area contributed by atoms with Crippen LogP contribution in [-0.2, 0) is 6.42 Å². The van der Waals surface area contributed by atoms with E-state index in [0.29, 0.717) is 12.0 Å². The first-order valence-corrected chi connectivity index (χ1v) is 6.55. The van der Waals surface area contributed by atoms with E-state index in [2.05, 4.69) is 4.98 Å². The van der Waals surface area contributed by atoms with Crippen molar-refractivity contribution in [1.29, 1.82) is 0 Å².